The molecule has 81 heavy (non-hydrogen) atoms. The fourth-order valence-corrected chi connectivity index (χ4v) is 15.7. The van der Waals surface area contributed by atoms with Crippen molar-refractivity contribution in [3.05, 3.63) is 120 Å². The van der Waals surface area contributed by atoms with Gasteiger partial charge in [0.15, 0.2) is 0 Å². The van der Waals surface area contributed by atoms with Crippen LogP contribution in [0.4, 0.5) is 4.79 Å². The lowest BCUT2D eigenvalue weighted by atomic mass is 9.82. The first kappa shape index (κ1) is 59.2. The average molecular weight is 1170 g/mol. The molecule has 9 unspecified atom stereocenters. The van der Waals surface area contributed by atoms with Crippen molar-refractivity contribution < 1.29 is 75.3 Å². The average Bonchev–Trinajstić information content (AvgIpc) is 3.43. The largest absolute Gasteiger partial charge is 0.756 e. The minimum Gasteiger partial charge on any atom is -0.756 e. The van der Waals surface area contributed by atoms with E-state index in [1.54, 1.807) is 20.8 Å². The zero-order chi connectivity index (χ0) is 57.6. The Morgan fingerprint density at radius 3 is 1.63 bits per heavy atom. The van der Waals surface area contributed by atoms with Crippen molar-refractivity contribution in [1.82, 2.24) is 10.2 Å². The van der Waals surface area contributed by atoms with E-state index in [1.165, 1.54) is 4.90 Å². The molecule has 2 saturated heterocycles. The molecule has 10 rings (SSSR count). The van der Waals surface area contributed by atoms with E-state index < -0.39 is 96.0 Å². The number of aliphatic hydroxyl groups is 1. The molecule has 5 N–H and O–H groups in total. The molecule has 0 radical (unpaired) electrons. The normalized spacial score (nSPS) is 21.6. The zero-order valence-corrected chi connectivity index (χ0v) is 48.7. The standard InChI is InChI=1S/C60H71N2O16P3/c1-6-59(7-2,77-79(66,67)68)32-39(29-47-23-21-45-19-17-41-13-11-15-43-25-27-49(47)56(45)54(41)43)35-73-80(69,70)76-50-30-52(62-33-37(5)57(64)61-58(62)65)75-51(50)36-74-81(71,72)78-60(8-3,9-4)31-38(34-63)28-46-22-20-44-18-16-40-12-10-14-42-24-26-48(46)55(44)53(40)42/h10-27,37-39,50-52,63H,6-9,28-36H2,1-5H3,(H,69,70)(H,71,72)(H,61,64,65)(H2,66,67,68)/p-1. The fraction of sp³-hybridized carbons (Fsp3) is 0.433. The lowest BCUT2D eigenvalue weighted by Crippen LogP contribution is -2.57. The fourth-order valence-electron chi connectivity index (χ4n) is 12.7. The molecule has 2 aliphatic rings. The summed E-state index contributed by atoms with van der Waals surface area (Å²) in [5, 5.41) is 26.0. The second-order valence-corrected chi connectivity index (χ2v) is 26.1. The van der Waals surface area contributed by atoms with Crippen LogP contribution < -0.4 is 10.2 Å². The summed E-state index contributed by atoms with van der Waals surface area (Å²) < 4.78 is 76.0. The Balaban J connectivity index is 0.874. The van der Waals surface area contributed by atoms with Crippen LogP contribution in [0.25, 0.3) is 64.6 Å². The van der Waals surface area contributed by atoms with Crippen molar-refractivity contribution in [2.45, 2.75) is 122 Å². The Labute approximate surface area is 470 Å². The van der Waals surface area contributed by atoms with Gasteiger partial charge < -0.3 is 33.9 Å². The molecule has 2 heterocycles. The maximum absolute atomic E-state index is 14.3. The number of carbonyl (C=O) groups excluding carboxylic acids is 2. The van der Waals surface area contributed by atoms with E-state index >= 15 is 0 Å². The van der Waals surface area contributed by atoms with Crippen LogP contribution in [0.1, 0.15) is 90.7 Å². The summed E-state index contributed by atoms with van der Waals surface area (Å²) in [6, 6.07) is 36.1. The third-order valence-corrected chi connectivity index (χ3v) is 19.8. The van der Waals surface area contributed by atoms with E-state index in [9.17, 15) is 48.0 Å². The molecule has 2 fully saturated rings. The molecule has 9 atom stereocenters. The second-order valence-electron chi connectivity index (χ2n) is 22.2. The molecule has 18 nitrogen and oxygen atoms in total. The van der Waals surface area contributed by atoms with Crippen molar-refractivity contribution in [3.63, 3.8) is 0 Å². The van der Waals surface area contributed by atoms with Gasteiger partial charge in [-0.15, -0.1) is 0 Å². The Morgan fingerprint density at radius 1 is 0.654 bits per heavy atom. The van der Waals surface area contributed by atoms with Crippen LogP contribution in [-0.2, 0) is 58.7 Å². The number of urea groups is 1. The molecular weight excluding hydrogens is 1100 g/mol. The van der Waals surface area contributed by atoms with Crippen LogP contribution in [0.2, 0.25) is 0 Å². The maximum atomic E-state index is 14.3. The number of hydrogen-bond donors (Lipinski definition) is 5. The van der Waals surface area contributed by atoms with Crippen molar-refractivity contribution in [1.29, 1.82) is 0 Å². The van der Waals surface area contributed by atoms with Gasteiger partial charge in [0.1, 0.15) is 18.4 Å². The summed E-state index contributed by atoms with van der Waals surface area (Å²) in [6.07, 6.45) is -2.59. The third-order valence-electron chi connectivity index (χ3n) is 17.1. The van der Waals surface area contributed by atoms with Gasteiger partial charge in [-0.2, -0.15) is 0 Å². The lowest BCUT2D eigenvalue weighted by molar-refractivity contribution is -0.233. The first-order valence-corrected chi connectivity index (χ1v) is 32.3. The van der Waals surface area contributed by atoms with Crippen LogP contribution in [0, 0.1) is 17.8 Å². The quantitative estimate of drug-likeness (QED) is 0.0249. The van der Waals surface area contributed by atoms with E-state index in [1.807, 2.05) is 68.4 Å². The van der Waals surface area contributed by atoms with Crippen LogP contribution in [-0.4, -0.2) is 92.6 Å². The van der Waals surface area contributed by atoms with E-state index in [0.717, 1.165) is 75.8 Å². The molecule has 21 heteroatoms. The Bertz CT molecular complexity index is 3700. The molecule has 8 aromatic rings. The number of nitrogens with zero attached hydrogens (tertiary/aromatic N) is 1. The van der Waals surface area contributed by atoms with Gasteiger partial charge in [0.25, 0.3) is 7.82 Å². The molecule has 0 saturated carbocycles. The molecule has 8 aromatic carbocycles. The van der Waals surface area contributed by atoms with Crippen molar-refractivity contribution >= 4 is 100 Å². The van der Waals surface area contributed by atoms with E-state index in [0.29, 0.717) is 6.42 Å². The SMILES string of the molecule is CCC(CC)(CC(COP(=O)(O)OC1CC(N2CC(C)C(=O)NC2=O)OC1COP(=O)(O)OC(CC)(CC)CC(CO)Cc1ccc2ccc3cccc4ccc1c2c34)Cc1ccc2ccc3cccc4ccc1c2c34)OP(=O)([O-])O. The molecule has 0 bridgehead atoms. The van der Waals surface area contributed by atoms with E-state index in [-0.39, 0.29) is 64.5 Å². The van der Waals surface area contributed by atoms with Crippen molar-refractivity contribution in [2.24, 2.45) is 17.8 Å². The van der Waals surface area contributed by atoms with Crippen molar-refractivity contribution in [3.8, 4) is 0 Å². The topological polar surface area (TPSA) is 260 Å². The highest BCUT2D eigenvalue weighted by Crippen LogP contribution is 2.54. The smallest absolute Gasteiger partial charge is 0.472 e. The first-order valence-electron chi connectivity index (χ1n) is 27.8. The first-order chi connectivity index (χ1) is 38.6. The number of hydrogen-bond acceptors (Lipinski definition) is 13. The molecular formula is C60H70N2O16P3-. The zero-order valence-electron chi connectivity index (χ0n) is 46.0. The Hall–Kier alpha value is -4.97. The molecule has 2 aliphatic heterocycles. The van der Waals surface area contributed by atoms with Gasteiger partial charge in [0, 0.05) is 19.6 Å². The van der Waals surface area contributed by atoms with Gasteiger partial charge >= 0.3 is 21.7 Å². The number of ether oxygens (including phenoxy) is 1. The number of phosphoric ester groups is 3. The number of amides is 3. The van der Waals surface area contributed by atoms with Gasteiger partial charge in [-0.1, -0.05) is 144 Å². The number of carbonyl (C=O) groups is 2. The minimum atomic E-state index is -5.27. The monoisotopic (exact) mass is 1170 g/mol. The van der Waals surface area contributed by atoms with Crippen LogP contribution in [0.3, 0.4) is 0 Å². The number of benzene rings is 8. The van der Waals surface area contributed by atoms with Gasteiger partial charge in [0.05, 0.1) is 30.3 Å². The predicted octanol–water partition coefficient (Wildman–Crippen LogP) is 11.8. The highest BCUT2D eigenvalue weighted by atomic mass is 31.2. The lowest BCUT2D eigenvalue weighted by Gasteiger charge is -2.38. The summed E-state index contributed by atoms with van der Waals surface area (Å²) >= 11 is 0. The summed E-state index contributed by atoms with van der Waals surface area (Å²) in [7, 11) is -15.4. The molecule has 0 aliphatic carbocycles. The van der Waals surface area contributed by atoms with Crippen molar-refractivity contribution in [2.75, 3.05) is 26.4 Å². The number of rotatable bonds is 26. The maximum Gasteiger partial charge on any atom is 0.472 e. The van der Waals surface area contributed by atoms with Crippen LogP contribution >= 0.6 is 23.5 Å². The Kier molecular flexibility index (Phi) is 17.2. The predicted molar refractivity (Wildman–Crippen MR) is 309 cm³/mol. The van der Waals surface area contributed by atoms with E-state index in [2.05, 4.69) is 59.9 Å². The third kappa shape index (κ3) is 12.6. The molecule has 0 spiro atoms. The molecule has 3 amide bonds. The Morgan fingerprint density at radius 2 is 1.12 bits per heavy atom. The second kappa shape index (κ2) is 23.6. The van der Waals surface area contributed by atoms with Gasteiger partial charge in [0.2, 0.25) is 5.91 Å². The number of nitrogens with one attached hydrogen (secondary N) is 1. The van der Waals surface area contributed by atoms with Crippen LogP contribution in [0.15, 0.2) is 109 Å². The van der Waals surface area contributed by atoms with Crippen LogP contribution in [0.5, 0.6) is 0 Å². The molecule has 432 valence electrons. The number of phosphoric acid groups is 3. The summed E-state index contributed by atoms with van der Waals surface area (Å²) in [6.45, 7) is 7.17. The summed E-state index contributed by atoms with van der Waals surface area (Å²) in [4.78, 5) is 72.4. The van der Waals surface area contributed by atoms with Gasteiger partial charge in [-0.3, -0.25) is 37.7 Å². The minimum absolute atomic E-state index is 0.0390. The summed E-state index contributed by atoms with van der Waals surface area (Å²) in [5.74, 6) is -2.28. The summed E-state index contributed by atoms with van der Waals surface area (Å²) in [5.41, 5.74) is -0.829. The highest BCUT2D eigenvalue weighted by molar-refractivity contribution is 7.47. The van der Waals surface area contributed by atoms with E-state index in [4.69, 9.17) is 27.4 Å². The highest BCUT2D eigenvalue weighted by Gasteiger charge is 2.48. The van der Waals surface area contributed by atoms with Gasteiger partial charge in [-0.25, -0.2) is 13.9 Å². The number of imide groups is 1. The number of aliphatic hydroxyl groups excluding tert-OH is 1. The molecule has 0 aromatic heterocycles. The van der Waals surface area contributed by atoms with Gasteiger partial charge in [-0.05, 0) is 139 Å².